The number of rotatable bonds is 4. The first-order valence-corrected chi connectivity index (χ1v) is 9.01. The van der Waals surface area contributed by atoms with E-state index >= 15 is 0 Å². The SMILES string of the molecule is CC(=Nc1ccc(-c2cc(N)ccc2S(N)(=O)=O)cc1)c1ccco1. The van der Waals surface area contributed by atoms with Crippen LogP contribution in [0.1, 0.15) is 12.7 Å². The van der Waals surface area contributed by atoms with Crippen LogP contribution >= 0.6 is 0 Å². The van der Waals surface area contributed by atoms with Crippen LogP contribution in [0, 0.1) is 0 Å². The second-order valence-corrected chi connectivity index (χ2v) is 7.05. The minimum absolute atomic E-state index is 0.0321. The number of anilines is 1. The first kappa shape index (κ1) is 16.9. The second-order valence-electron chi connectivity index (χ2n) is 5.52. The quantitative estimate of drug-likeness (QED) is 0.552. The molecule has 0 fully saturated rings. The standard InChI is InChI=1S/C18H17N3O3S/c1-12(17-3-2-10-24-17)21-15-7-4-13(5-8-15)16-11-14(19)6-9-18(16)25(20,22)23/h2-11H,19H2,1H3,(H2,20,22,23). The van der Waals surface area contributed by atoms with Gasteiger partial charge in [0.15, 0.2) is 0 Å². The van der Waals surface area contributed by atoms with Crippen LogP contribution in [-0.4, -0.2) is 14.1 Å². The van der Waals surface area contributed by atoms with Gasteiger partial charge in [-0.05, 0) is 55.0 Å². The second kappa shape index (κ2) is 6.54. The van der Waals surface area contributed by atoms with Crippen molar-refractivity contribution in [1.82, 2.24) is 0 Å². The molecule has 0 spiro atoms. The predicted molar refractivity (Wildman–Crippen MR) is 98.2 cm³/mol. The van der Waals surface area contributed by atoms with E-state index in [0.29, 0.717) is 22.6 Å². The fourth-order valence-corrected chi connectivity index (χ4v) is 3.21. The van der Waals surface area contributed by atoms with Crippen LogP contribution in [0.5, 0.6) is 0 Å². The number of sulfonamides is 1. The zero-order valence-electron chi connectivity index (χ0n) is 13.5. The average Bonchev–Trinajstić information content (AvgIpc) is 3.09. The third-order valence-corrected chi connectivity index (χ3v) is 4.63. The Morgan fingerprint density at radius 1 is 1.08 bits per heavy atom. The van der Waals surface area contributed by atoms with Crippen LogP contribution < -0.4 is 10.9 Å². The molecule has 0 bridgehead atoms. The number of hydrogen-bond acceptors (Lipinski definition) is 5. The molecule has 7 heteroatoms. The highest BCUT2D eigenvalue weighted by atomic mass is 32.2. The van der Waals surface area contributed by atoms with Crippen LogP contribution in [0.3, 0.4) is 0 Å². The molecule has 0 aliphatic carbocycles. The molecule has 0 saturated carbocycles. The van der Waals surface area contributed by atoms with Gasteiger partial charge in [-0.15, -0.1) is 0 Å². The van der Waals surface area contributed by atoms with Crippen molar-refractivity contribution < 1.29 is 12.8 Å². The summed E-state index contributed by atoms with van der Waals surface area (Å²) in [5, 5.41) is 5.29. The summed E-state index contributed by atoms with van der Waals surface area (Å²) in [7, 11) is -3.85. The molecule has 0 atom stereocenters. The first-order valence-electron chi connectivity index (χ1n) is 7.46. The maximum atomic E-state index is 11.8. The summed E-state index contributed by atoms with van der Waals surface area (Å²) in [6.07, 6.45) is 1.59. The van der Waals surface area contributed by atoms with Gasteiger partial charge in [-0.1, -0.05) is 12.1 Å². The molecule has 0 radical (unpaired) electrons. The van der Waals surface area contributed by atoms with Gasteiger partial charge in [-0.25, -0.2) is 18.5 Å². The molecule has 0 aliphatic rings. The smallest absolute Gasteiger partial charge is 0.238 e. The van der Waals surface area contributed by atoms with E-state index in [1.165, 1.54) is 12.1 Å². The van der Waals surface area contributed by atoms with Crippen LogP contribution in [0.2, 0.25) is 0 Å². The predicted octanol–water partition coefficient (Wildman–Crippen LogP) is 3.32. The lowest BCUT2D eigenvalue weighted by Crippen LogP contribution is -2.13. The van der Waals surface area contributed by atoms with Gasteiger partial charge in [0.25, 0.3) is 0 Å². The van der Waals surface area contributed by atoms with Gasteiger partial charge in [0.1, 0.15) is 5.76 Å². The number of hydrogen-bond donors (Lipinski definition) is 2. The molecule has 0 unspecified atom stereocenters. The highest BCUT2D eigenvalue weighted by molar-refractivity contribution is 7.89. The maximum Gasteiger partial charge on any atom is 0.238 e. The van der Waals surface area contributed by atoms with Gasteiger partial charge in [0, 0.05) is 11.3 Å². The lowest BCUT2D eigenvalue weighted by atomic mass is 10.0. The van der Waals surface area contributed by atoms with Crippen LogP contribution in [0.15, 0.2) is 75.2 Å². The van der Waals surface area contributed by atoms with E-state index in [9.17, 15) is 8.42 Å². The molecular weight excluding hydrogens is 338 g/mol. The molecule has 4 N–H and O–H groups in total. The van der Waals surface area contributed by atoms with E-state index in [1.54, 1.807) is 42.7 Å². The molecule has 2 aromatic carbocycles. The fourth-order valence-electron chi connectivity index (χ4n) is 2.47. The zero-order valence-corrected chi connectivity index (χ0v) is 14.3. The van der Waals surface area contributed by atoms with Crippen LogP contribution in [-0.2, 0) is 10.0 Å². The van der Waals surface area contributed by atoms with E-state index in [0.717, 1.165) is 11.4 Å². The number of benzene rings is 2. The van der Waals surface area contributed by atoms with Gasteiger partial charge in [-0.2, -0.15) is 0 Å². The number of nitrogens with zero attached hydrogens (tertiary/aromatic N) is 1. The van der Waals surface area contributed by atoms with Gasteiger partial charge >= 0.3 is 0 Å². The van der Waals surface area contributed by atoms with Crippen molar-refractivity contribution in [2.45, 2.75) is 11.8 Å². The number of furan rings is 1. The Morgan fingerprint density at radius 2 is 1.80 bits per heavy atom. The fraction of sp³-hybridized carbons (Fsp3) is 0.0556. The molecule has 1 aromatic heterocycles. The Morgan fingerprint density at radius 3 is 2.40 bits per heavy atom. The monoisotopic (exact) mass is 355 g/mol. The molecule has 6 nitrogen and oxygen atoms in total. The van der Waals surface area contributed by atoms with Crippen molar-refractivity contribution >= 4 is 27.1 Å². The third kappa shape index (κ3) is 3.78. The summed E-state index contributed by atoms with van der Waals surface area (Å²) in [6.45, 7) is 1.85. The third-order valence-electron chi connectivity index (χ3n) is 3.66. The summed E-state index contributed by atoms with van der Waals surface area (Å²) in [5.41, 5.74) is 8.86. The first-order chi connectivity index (χ1) is 11.8. The van der Waals surface area contributed by atoms with Crippen molar-refractivity contribution in [2.24, 2.45) is 10.1 Å². The minimum atomic E-state index is -3.85. The minimum Gasteiger partial charge on any atom is -0.463 e. The van der Waals surface area contributed by atoms with E-state index < -0.39 is 10.0 Å². The highest BCUT2D eigenvalue weighted by Gasteiger charge is 2.15. The molecule has 0 amide bonds. The largest absolute Gasteiger partial charge is 0.463 e. The van der Waals surface area contributed by atoms with Gasteiger partial charge in [0.05, 0.1) is 22.6 Å². The van der Waals surface area contributed by atoms with Crippen molar-refractivity contribution in [3.8, 4) is 11.1 Å². The van der Waals surface area contributed by atoms with Gasteiger partial charge in [0.2, 0.25) is 10.0 Å². The Balaban J connectivity index is 1.99. The number of aliphatic imine (C=N–C) groups is 1. The Kier molecular flexibility index (Phi) is 4.43. The normalized spacial score (nSPS) is 12.3. The summed E-state index contributed by atoms with van der Waals surface area (Å²) in [5.74, 6) is 0.691. The van der Waals surface area contributed by atoms with Crippen LogP contribution in [0.25, 0.3) is 11.1 Å². The summed E-state index contributed by atoms with van der Waals surface area (Å²) < 4.78 is 28.9. The topological polar surface area (TPSA) is 112 Å². The number of nitrogens with two attached hydrogens (primary N) is 2. The van der Waals surface area contributed by atoms with E-state index in [4.69, 9.17) is 15.3 Å². The molecule has 128 valence electrons. The van der Waals surface area contributed by atoms with Crippen molar-refractivity contribution in [1.29, 1.82) is 0 Å². The maximum absolute atomic E-state index is 11.8. The molecule has 1 heterocycles. The highest BCUT2D eigenvalue weighted by Crippen LogP contribution is 2.30. The van der Waals surface area contributed by atoms with Gasteiger partial charge in [-0.3, -0.25) is 0 Å². The van der Waals surface area contributed by atoms with E-state index in [2.05, 4.69) is 4.99 Å². The molecule has 3 rings (SSSR count). The lowest BCUT2D eigenvalue weighted by Gasteiger charge is -2.09. The Hall–Kier alpha value is -2.90. The molecule has 0 saturated heterocycles. The van der Waals surface area contributed by atoms with E-state index in [-0.39, 0.29) is 4.90 Å². The molecule has 0 aliphatic heterocycles. The summed E-state index contributed by atoms with van der Waals surface area (Å²) in [6, 6.07) is 15.3. The van der Waals surface area contributed by atoms with Gasteiger partial charge < -0.3 is 10.2 Å². The summed E-state index contributed by atoms with van der Waals surface area (Å²) in [4.78, 5) is 4.51. The average molecular weight is 355 g/mol. The molecule has 25 heavy (non-hydrogen) atoms. The van der Waals surface area contributed by atoms with Crippen molar-refractivity contribution in [3.05, 3.63) is 66.6 Å². The zero-order chi connectivity index (χ0) is 18.0. The lowest BCUT2D eigenvalue weighted by molar-refractivity contribution is 0.557. The number of primary sulfonamides is 1. The van der Waals surface area contributed by atoms with Crippen molar-refractivity contribution in [2.75, 3.05) is 5.73 Å². The molecule has 3 aromatic rings. The Labute approximate surface area is 145 Å². The van der Waals surface area contributed by atoms with Crippen molar-refractivity contribution in [3.63, 3.8) is 0 Å². The summed E-state index contributed by atoms with van der Waals surface area (Å²) >= 11 is 0. The van der Waals surface area contributed by atoms with E-state index in [1.807, 2.05) is 13.0 Å². The number of nitrogen functional groups attached to an aromatic ring is 1. The van der Waals surface area contributed by atoms with Crippen LogP contribution in [0.4, 0.5) is 11.4 Å². The molecular formula is C18H17N3O3S. The Bertz CT molecular complexity index is 1020.